The van der Waals surface area contributed by atoms with Crippen LogP contribution in [0.5, 0.6) is 0 Å². The van der Waals surface area contributed by atoms with Gasteiger partial charge in [-0.1, -0.05) is 24.8 Å². The molecule has 1 heterocycles. The lowest BCUT2D eigenvalue weighted by atomic mass is 10.1. The summed E-state index contributed by atoms with van der Waals surface area (Å²) in [5.74, 6) is 0.611. The van der Waals surface area contributed by atoms with Crippen LogP contribution in [0.1, 0.15) is 57.4 Å². The summed E-state index contributed by atoms with van der Waals surface area (Å²) in [7, 11) is 0. The second-order valence-corrected chi connectivity index (χ2v) is 9.53. The van der Waals surface area contributed by atoms with Crippen LogP contribution in [-0.4, -0.2) is 40.5 Å². The standard InChI is InChI=1S/C23H31F2N5OS/c1-3-9-32-23-29-21(27-14-6-7-15(11-14)31-4-2)20(26)22(30-23)28-19-12-16(19)13-5-8-17(24)18(25)10-13/h5,8,10,14-16,19H,3-4,6-7,9,11-12,26H2,1-2H3,(H2,27,28,29,30)/t14?,15?,16-,19?/m0/s1. The zero-order valence-electron chi connectivity index (χ0n) is 18.5. The first-order valence-electron chi connectivity index (χ1n) is 11.4. The van der Waals surface area contributed by atoms with Gasteiger partial charge >= 0.3 is 0 Å². The lowest BCUT2D eigenvalue weighted by Crippen LogP contribution is -2.21. The molecule has 4 rings (SSSR count). The predicted molar refractivity (Wildman–Crippen MR) is 125 cm³/mol. The van der Waals surface area contributed by atoms with Gasteiger partial charge in [-0.3, -0.25) is 0 Å². The summed E-state index contributed by atoms with van der Waals surface area (Å²) in [6.07, 6.45) is 5.07. The third-order valence-corrected chi connectivity index (χ3v) is 7.03. The van der Waals surface area contributed by atoms with E-state index in [4.69, 9.17) is 10.5 Å². The number of ether oxygens (including phenoxy) is 1. The Hall–Kier alpha value is -2.13. The van der Waals surface area contributed by atoms with Gasteiger partial charge in [-0.05, 0) is 56.7 Å². The number of nitrogens with zero attached hydrogens (tertiary/aromatic N) is 2. The maximum atomic E-state index is 13.6. The van der Waals surface area contributed by atoms with Crippen molar-refractivity contribution in [2.24, 2.45) is 0 Å². The van der Waals surface area contributed by atoms with Gasteiger partial charge in [-0.2, -0.15) is 0 Å². The van der Waals surface area contributed by atoms with E-state index >= 15 is 0 Å². The van der Waals surface area contributed by atoms with Crippen LogP contribution in [-0.2, 0) is 4.74 Å². The summed E-state index contributed by atoms with van der Waals surface area (Å²) in [5.41, 5.74) is 7.72. The SMILES string of the molecule is CCCSc1nc(NC2CCC(OCC)C2)c(N)c(NC2C[C@H]2c2ccc(F)c(F)c2)n1. The maximum absolute atomic E-state index is 13.6. The fourth-order valence-corrected chi connectivity index (χ4v) is 4.92. The normalized spacial score (nSPS) is 24.5. The third kappa shape index (κ3) is 5.43. The van der Waals surface area contributed by atoms with Crippen molar-refractivity contribution in [3.8, 4) is 0 Å². The van der Waals surface area contributed by atoms with Crippen molar-refractivity contribution in [3.05, 3.63) is 35.4 Å². The first-order chi connectivity index (χ1) is 15.5. The van der Waals surface area contributed by atoms with Crippen LogP contribution < -0.4 is 16.4 Å². The van der Waals surface area contributed by atoms with Crippen molar-refractivity contribution in [1.29, 1.82) is 0 Å². The predicted octanol–water partition coefficient (Wildman–Crippen LogP) is 5.18. The minimum Gasteiger partial charge on any atom is -0.393 e. The summed E-state index contributed by atoms with van der Waals surface area (Å²) >= 11 is 1.60. The Morgan fingerprint density at radius 3 is 2.59 bits per heavy atom. The van der Waals surface area contributed by atoms with Gasteiger partial charge in [0.2, 0.25) is 0 Å². The number of hydrogen-bond acceptors (Lipinski definition) is 7. The minimum absolute atomic E-state index is 0.0720. The molecule has 2 saturated carbocycles. The Kier molecular flexibility index (Phi) is 7.35. The summed E-state index contributed by atoms with van der Waals surface area (Å²) in [6, 6.07) is 4.42. The molecule has 2 aliphatic carbocycles. The van der Waals surface area contributed by atoms with E-state index in [0.29, 0.717) is 22.5 Å². The van der Waals surface area contributed by atoms with E-state index in [2.05, 4.69) is 27.5 Å². The van der Waals surface area contributed by atoms with Crippen LogP contribution in [0.4, 0.5) is 26.1 Å². The summed E-state index contributed by atoms with van der Waals surface area (Å²) < 4.78 is 32.6. The third-order valence-electron chi connectivity index (χ3n) is 5.97. The summed E-state index contributed by atoms with van der Waals surface area (Å²) in [6.45, 7) is 4.86. The lowest BCUT2D eigenvalue weighted by Gasteiger charge is -2.18. The van der Waals surface area contributed by atoms with Crippen LogP contribution >= 0.6 is 11.8 Å². The van der Waals surface area contributed by atoms with E-state index in [1.54, 1.807) is 17.8 Å². The molecule has 0 aliphatic heterocycles. The van der Waals surface area contributed by atoms with E-state index in [-0.39, 0.29) is 24.1 Å². The molecular formula is C23H31F2N5OS. The zero-order chi connectivity index (χ0) is 22.7. The molecular weight excluding hydrogens is 432 g/mol. The van der Waals surface area contributed by atoms with Crippen molar-refractivity contribution in [3.63, 3.8) is 0 Å². The van der Waals surface area contributed by atoms with Gasteiger partial charge in [-0.25, -0.2) is 18.7 Å². The molecule has 1 aromatic carbocycles. The van der Waals surface area contributed by atoms with Crippen LogP contribution in [0.2, 0.25) is 0 Å². The van der Waals surface area contributed by atoms with E-state index in [1.807, 2.05) is 6.92 Å². The number of nitrogen functional groups attached to an aromatic ring is 1. The monoisotopic (exact) mass is 463 g/mol. The average molecular weight is 464 g/mol. The second kappa shape index (κ2) is 10.2. The van der Waals surface area contributed by atoms with Crippen LogP contribution in [0.25, 0.3) is 0 Å². The van der Waals surface area contributed by atoms with Gasteiger partial charge in [-0.15, -0.1) is 0 Å². The van der Waals surface area contributed by atoms with Crippen molar-refractivity contribution in [1.82, 2.24) is 9.97 Å². The van der Waals surface area contributed by atoms with Gasteiger partial charge in [0.1, 0.15) is 5.69 Å². The largest absolute Gasteiger partial charge is 0.393 e. The molecule has 4 N–H and O–H groups in total. The molecule has 3 unspecified atom stereocenters. The van der Waals surface area contributed by atoms with E-state index < -0.39 is 11.6 Å². The van der Waals surface area contributed by atoms with Crippen molar-refractivity contribution in [2.45, 2.75) is 75.2 Å². The molecule has 0 spiro atoms. The topological polar surface area (TPSA) is 85.1 Å². The number of halogens is 2. The Morgan fingerprint density at radius 2 is 1.88 bits per heavy atom. The Morgan fingerprint density at radius 1 is 1.09 bits per heavy atom. The fraction of sp³-hybridized carbons (Fsp3) is 0.565. The number of hydrogen-bond donors (Lipinski definition) is 3. The van der Waals surface area contributed by atoms with Crippen LogP contribution in [0.3, 0.4) is 0 Å². The quantitative estimate of drug-likeness (QED) is 0.331. The van der Waals surface area contributed by atoms with Gasteiger partial charge in [0.05, 0.1) is 6.10 Å². The molecule has 0 bridgehead atoms. The smallest absolute Gasteiger partial charge is 0.191 e. The molecule has 2 fully saturated rings. The number of nitrogens with two attached hydrogens (primary N) is 1. The molecule has 0 amide bonds. The van der Waals surface area contributed by atoms with E-state index in [0.717, 1.165) is 50.0 Å². The highest BCUT2D eigenvalue weighted by Crippen LogP contribution is 2.44. The molecule has 0 radical (unpaired) electrons. The first-order valence-corrected chi connectivity index (χ1v) is 12.4. The summed E-state index contributed by atoms with van der Waals surface area (Å²) in [5, 5.41) is 7.59. The molecule has 4 atom stereocenters. The molecule has 1 aromatic heterocycles. The van der Waals surface area contributed by atoms with Crippen molar-refractivity contribution in [2.75, 3.05) is 28.7 Å². The molecule has 174 valence electrons. The fourth-order valence-electron chi connectivity index (χ4n) is 4.22. The van der Waals surface area contributed by atoms with Crippen LogP contribution in [0, 0.1) is 11.6 Å². The zero-order valence-corrected chi connectivity index (χ0v) is 19.4. The highest BCUT2D eigenvalue weighted by molar-refractivity contribution is 7.99. The van der Waals surface area contributed by atoms with E-state index in [1.165, 1.54) is 12.1 Å². The molecule has 6 nitrogen and oxygen atoms in total. The number of anilines is 3. The Bertz CT molecular complexity index is 947. The number of benzene rings is 1. The van der Waals surface area contributed by atoms with Crippen LogP contribution in [0.15, 0.2) is 23.4 Å². The molecule has 9 heteroatoms. The highest BCUT2D eigenvalue weighted by atomic mass is 32.2. The lowest BCUT2D eigenvalue weighted by molar-refractivity contribution is 0.0679. The number of rotatable bonds is 10. The highest BCUT2D eigenvalue weighted by Gasteiger charge is 2.39. The van der Waals surface area contributed by atoms with Gasteiger partial charge in [0.25, 0.3) is 0 Å². The van der Waals surface area contributed by atoms with Crippen molar-refractivity contribution >= 4 is 29.1 Å². The number of aromatic nitrogens is 2. The van der Waals surface area contributed by atoms with Gasteiger partial charge in [0.15, 0.2) is 28.4 Å². The maximum Gasteiger partial charge on any atom is 0.191 e. The average Bonchev–Trinajstić information content (AvgIpc) is 3.40. The van der Waals surface area contributed by atoms with Gasteiger partial charge < -0.3 is 21.1 Å². The molecule has 2 aromatic rings. The first kappa shape index (κ1) is 23.0. The molecule has 32 heavy (non-hydrogen) atoms. The number of nitrogens with one attached hydrogen (secondary N) is 2. The minimum atomic E-state index is -0.828. The Balaban J connectivity index is 1.48. The Labute approximate surface area is 192 Å². The van der Waals surface area contributed by atoms with Crippen molar-refractivity contribution < 1.29 is 13.5 Å². The second-order valence-electron chi connectivity index (χ2n) is 8.46. The van der Waals surface area contributed by atoms with Gasteiger partial charge in [0, 0.05) is 30.4 Å². The van der Waals surface area contributed by atoms with E-state index in [9.17, 15) is 8.78 Å². The number of thioether (sulfide) groups is 1. The molecule has 2 aliphatic rings. The molecule has 0 saturated heterocycles. The summed E-state index contributed by atoms with van der Waals surface area (Å²) in [4.78, 5) is 9.32.